The van der Waals surface area contributed by atoms with Gasteiger partial charge in [-0.1, -0.05) is 52.0 Å². The first-order chi connectivity index (χ1) is 21.3. The molecule has 8 saturated carbocycles. The SMILES string of the molecule is C=C1CC[C@H]2[C@@H]3CC[C@@H]4C[C@H](OS(=O)(=O)O[C@@H]5CC[C@@]6(C)[C@H](CC[C@@H]7[C@@H]6CC[C@]6(C)C(=C)CC[C@@H]76)C5)CC[C@]4(C)[C@H]3CC[C@]12C. The highest BCUT2D eigenvalue weighted by molar-refractivity contribution is 7.81. The summed E-state index contributed by atoms with van der Waals surface area (Å²) in [5.74, 6) is 5.89. The topological polar surface area (TPSA) is 52.6 Å². The van der Waals surface area contributed by atoms with E-state index in [-0.39, 0.29) is 12.2 Å². The Bertz CT molecular complexity index is 1240. The highest BCUT2D eigenvalue weighted by atomic mass is 32.3. The smallest absolute Gasteiger partial charge is 0.245 e. The zero-order chi connectivity index (χ0) is 31.6. The summed E-state index contributed by atoms with van der Waals surface area (Å²) in [6.45, 7) is 19.1. The van der Waals surface area contributed by atoms with Crippen LogP contribution in [0.15, 0.2) is 24.3 Å². The van der Waals surface area contributed by atoms with E-state index in [0.717, 1.165) is 74.0 Å². The van der Waals surface area contributed by atoms with Crippen molar-refractivity contribution in [2.24, 2.45) is 69.0 Å². The van der Waals surface area contributed by atoms with Crippen molar-refractivity contribution >= 4 is 10.4 Å². The van der Waals surface area contributed by atoms with Gasteiger partial charge < -0.3 is 0 Å². The zero-order valence-corrected chi connectivity index (χ0v) is 29.8. The van der Waals surface area contributed by atoms with E-state index in [0.29, 0.717) is 33.5 Å². The molecule has 0 aromatic carbocycles. The standard InChI is InChI=1S/C40H62O4S/c1-25-7-13-33-31-11-9-27-23-29(15-19-39(27,5)35(31)17-21-37(25,33)3)43-45(41,42)44-30-16-20-40(6)28(24-30)10-12-32-34-14-8-26(2)38(34,4)22-18-36(32)40/h27-36H,1-2,7-24H2,3-6H3/t27-,28-,29-,30-,31+,32+,33+,34+,35+,36+,37-,38-,39+,40+/m1/s1. The zero-order valence-electron chi connectivity index (χ0n) is 29.0. The molecule has 0 N–H and O–H groups in total. The molecular formula is C40H62O4S. The molecular weight excluding hydrogens is 577 g/mol. The first-order valence-electron chi connectivity index (χ1n) is 19.2. The van der Waals surface area contributed by atoms with Gasteiger partial charge in [-0.3, -0.25) is 0 Å². The molecule has 0 spiro atoms. The highest BCUT2D eigenvalue weighted by Gasteiger charge is 2.61. The molecule has 0 heterocycles. The van der Waals surface area contributed by atoms with E-state index < -0.39 is 10.4 Å². The van der Waals surface area contributed by atoms with E-state index in [2.05, 4.69) is 40.9 Å². The van der Waals surface area contributed by atoms with E-state index in [4.69, 9.17) is 8.37 Å². The Hall–Kier alpha value is -0.650. The molecule has 0 aromatic heterocycles. The lowest BCUT2D eigenvalue weighted by Crippen LogP contribution is -2.54. The summed E-state index contributed by atoms with van der Waals surface area (Å²) >= 11 is 0. The summed E-state index contributed by atoms with van der Waals surface area (Å²) in [7, 11) is -4.01. The second kappa shape index (κ2) is 10.7. The lowest BCUT2D eigenvalue weighted by Gasteiger charge is -2.60. The Kier molecular flexibility index (Phi) is 7.50. The minimum Gasteiger partial charge on any atom is -0.245 e. The molecule has 0 radical (unpaired) electrons. The van der Waals surface area contributed by atoms with Gasteiger partial charge in [0.25, 0.3) is 0 Å². The Morgan fingerprint density at radius 2 is 0.978 bits per heavy atom. The van der Waals surface area contributed by atoms with Crippen molar-refractivity contribution in [3.8, 4) is 0 Å². The maximum Gasteiger partial charge on any atom is 0.400 e. The van der Waals surface area contributed by atoms with Crippen LogP contribution in [0.2, 0.25) is 0 Å². The summed E-state index contributed by atoms with van der Waals surface area (Å²) in [6, 6.07) is 0. The van der Waals surface area contributed by atoms with Gasteiger partial charge in [0.1, 0.15) is 0 Å². The molecule has 8 fully saturated rings. The summed E-state index contributed by atoms with van der Waals surface area (Å²) in [5.41, 5.74) is 4.35. The van der Waals surface area contributed by atoms with Gasteiger partial charge in [-0.2, -0.15) is 8.42 Å². The molecule has 252 valence electrons. The van der Waals surface area contributed by atoms with Crippen LogP contribution < -0.4 is 0 Å². The van der Waals surface area contributed by atoms with Crippen LogP contribution in [0.4, 0.5) is 0 Å². The van der Waals surface area contributed by atoms with Crippen molar-refractivity contribution in [1.29, 1.82) is 0 Å². The fourth-order valence-electron chi connectivity index (χ4n) is 14.8. The molecule has 4 nitrogen and oxygen atoms in total. The third-order valence-electron chi connectivity index (χ3n) is 17.7. The third-order valence-corrected chi connectivity index (χ3v) is 18.7. The molecule has 0 aromatic rings. The first kappa shape index (κ1) is 31.6. The van der Waals surface area contributed by atoms with Crippen LogP contribution in [0.1, 0.15) is 143 Å². The molecule has 8 aliphatic rings. The van der Waals surface area contributed by atoms with Crippen LogP contribution in [0.5, 0.6) is 0 Å². The van der Waals surface area contributed by atoms with E-state index in [1.54, 1.807) is 0 Å². The van der Waals surface area contributed by atoms with Crippen LogP contribution in [-0.2, 0) is 18.8 Å². The minimum atomic E-state index is -4.01. The van der Waals surface area contributed by atoms with Gasteiger partial charge >= 0.3 is 10.4 Å². The maximum atomic E-state index is 13.4. The molecule has 0 saturated heterocycles. The van der Waals surface area contributed by atoms with E-state index in [1.807, 2.05) is 0 Å². The van der Waals surface area contributed by atoms with Crippen molar-refractivity contribution in [2.45, 2.75) is 155 Å². The summed E-state index contributed by atoms with van der Waals surface area (Å²) in [5, 5.41) is 0. The molecule has 8 rings (SSSR count). The van der Waals surface area contributed by atoms with Crippen LogP contribution in [0.25, 0.3) is 0 Å². The van der Waals surface area contributed by atoms with Gasteiger partial charge in [0.15, 0.2) is 0 Å². The summed E-state index contributed by atoms with van der Waals surface area (Å²) < 4.78 is 38.8. The molecule has 8 aliphatic carbocycles. The van der Waals surface area contributed by atoms with Crippen LogP contribution in [0, 0.1) is 69.0 Å². The Morgan fingerprint density at radius 3 is 1.40 bits per heavy atom. The fourth-order valence-corrected chi connectivity index (χ4v) is 15.8. The minimum absolute atomic E-state index is 0.230. The van der Waals surface area contributed by atoms with Crippen molar-refractivity contribution < 1.29 is 16.8 Å². The van der Waals surface area contributed by atoms with Crippen molar-refractivity contribution in [1.82, 2.24) is 0 Å². The van der Waals surface area contributed by atoms with Gasteiger partial charge in [0.05, 0.1) is 12.2 Å². The van der Waals surface area contributed by atoms with Gasteiger partial charge in [-0.15, -0.1) is 0 Å². The van der Waals surface area contributed by atoms with Crippen molar-refractivity contribution in [2.75, 3.05) is 0 Å². The predicted octanol–water partition coefficient (Wildman–Crippen LogP) is 10.2. The normalized spacial score (nSPS) is 54.3. The Labute approximate surface area is 275 Å². The summed E-state index contributed by atoms with van der Waals surface area (Å²) in [4.78, 5) is 0. The first-order valence-corrected chi connectivity index (χ1v) is 20.6. The third kappa shape index (κ3) is 4.72. The predicted molar refractivity (Wildman–Crippen MR) is 180 cm³/mol. The van der Waals surface area contributed by atoms with Gasteiger partial charge in [-0.25, -0.2) is 8.37 Å². The molecule has 0 amide bonds. The number of hydrogen-bond donors (Lipinski definition) is 0. The maximum absolute atomic E-state index is 13.4. The van der Waals surface area contributed by atoms with Gasteiger partial charge in [-0.05, 0) is 185 Å². The number of hydrogen-bond acceptors (Lipinski definition) is 4. The van der Waals surface area contributed by atoms with Gasteiger partial charge in [0, 0.05) is 0 Å². The molecule has 5 heteroatoms. The largest absolute Gasteiger partial charge is 0.400 e. The Balaban J connectivity index is 0.879. The van der Waals surface area contributed by atoms with Crippen LogP contribution >= 0.6 is 0 Å². The molecule has 14 atom stereocenters. The lowest BCUT2D eigenvalue weighted by atomic mass is 9.45. The molecule has 0 bridgehead atoms. The molecule has 0 unspecified atom stereocenters. The summed E-state index contributed by atoms with van der Waals surface area (Å²) in [6.07, 6.45) is 20.5. The number of fused-ring (bicyclic) bond motifs is 10. The highest BCUT2D eigenvalue weighted by Crippen LogP contribution is 2.69. The Morgan fingerprint density at radius 1 is 0.556 bits per heavy atom. The van der Waals surface area contributed by atoms with Crippen molar-refractivity contribution in [3.05, 3.63) is 24.3 Å². The van der Waals surface area contributed by atoms with E-state index in [9.17, 15) is 8.42 Å². The monoisotopic (exact) mass is 638 g/mol. The molecule has 0 aliphatic heterocycles. The average Bonchev–Trinajstić information content (AvgIpc) is 3.47. The van der Waals surface area contributed by atoms with E-state index in [1.165, 1.54) is 88.2 Å². The molecule has 45 heavy (non-hydrogen) atoms. The second-order valence-electron chi connectivity index (χ2n) is 18.9. The van der Waals surface area contributed by atoms with Crippen molar-refractivity contribution in [3.63, 3.8) is 0 Å². The lowest BCUT2D eigenvalue weighted by molar-refractivity contribution is -0.119. The van der Waals surface area contributed by atoms with Crippen LogP contribution in [-0.4, -0.2) is 20.6 Å². The second-order valence-corrected chi connectivity index (χ2v) is 20.1. The average molecular weight is 639 g/mol. The van der Waals surface area contributed by atoms with Crippen LogP contribution in [0.3, 0.4) is 0 Å². The quantitative estimate of drug-likeness (QED) is 0.288. The van der Waals surface area contributed by atoms with E-state index >= 15 is 0 Å². The number of rotatable bonds is 4. The van der Waals surface area contributed by atoms with Gasteiger partial charge in [0.2, 0.25) is 0 Å². The fraction of sp³-hybridized carbons (Fsp3) is 0.900. The number of allylic oxidation sites excluding steroid dienone is 2.